The number of carbonyl (C=O) groups excluding carboxylic acids is 1. The van der Waals surface area contributed by atoms with E-state index in [0.717, 1.165) is 11.5 Å². The Hall–Kier alpha value is -0.990. The molecular weight excluding hydrogens is 314 g/mol. The number of aliphatic hydroxyl groups is 1. The number of nitrogens with one attached hydrogen (secondary N) is 2. The van der Waals surface area contributed by atoms with Gasteiger partial charge in [-0.05, 0) is 12.8 Å². The Balaban J connectivity index is 1.94. The lowest BCUT2D eigenvalue weighted by Crippen LogP contribution is -2.47. The summed E-state index contributed by atoms with van der Waals surface area (Å²) in [6, 6.07) is 0. The third-order valence-electron chi connectivity index (χ3n) is 3.34. The first-order chi connectivity index (χ1) is 9.22. The molecule has 0 spiro atoms. The van der Waals surface area contributed by atoms with Crippen molar-refractivity contribution in [3.63, 3.8) is 0 Å². The van der Waals surface area contributed by atoms with Crippen LogP contribution in [0.2, 0.25) is 5.02 Å². The van der Waals surface area contributed by atoms with Crippen LogP contribution in [-0.4, -0.2) is 33.5 Å². The van der Waals surface area contributed by atoms with Gasteiger partial charge in [0.15, 0.2) is 0 Å². The van der Waals surface area contributed by atoms with Gasteiger partial charge < -0.3 is 10.4 Å². The molecule has 0 atom stereocenters. The molecule has 0 unspecified atom stereocenters. The number of rotatable bonds is 3. The molecule has 1 aliphatic carbocycles. The maximum atomic E-state index is 13.0. The van der Waals surface area contributed by atoms with E-state index in [0.29, 0.717) is 0 Å². The van der Waals surface area contributed by atoms with Gasteiger partial charge in [0.2, 0.25) is 5.92 Å². The number of hydrogen-bond donors (Lipinski definition) is 3. The highest BCUT2D eigenvalue weighted by Gasteiger charge is 2.42. The van der Waals surface area contributed by atoms with Crippen molar-refractivity contribution >= 4 is 29.0 Å². The lowest BCUT2D eigenvalue weighted by Gasteiger charge is -2.35. The summed E-state index contributed by atoms with van der Waals surface area (Å²) in [5, 5.41) is 12.3. The van der Waals surface area contributed by atoms with Crippen LogP contribution in [0.4, 0.5) is 8.78 Å². The fraction of sp³-hybridized carbons (Fsp3) is 0.636. The van der Waals surface area contributed by atoms with Gasteiger partial charge in [-0.2, -0.15) is 0 Å². The van der Waals surface area contributed by atoms with Gasteiger partial charge in [-0.25, -0.2) is 8.78 Å². The molecule has 0 saturated heterocycles. The van der Waals surface area contributed by atoms with Crippen molar-refractivity contribution < 1.29 is 18.7 Å². The quantitative estimate of drug-likeness (QED) is 0.791. The number of aromatic nitrogens is 1. The van der Waals surface area contributed by atoms with E-state index in [4.69, 9.17) is 11.6 Å². The van der Waals surface area contributed by atoms with E-state index in [2.05, 4.69) is 9.69 Å². The van der Waals surface area contributed by atoms with Gasteiger partial charge in [0.05, 0.1) is 5.60 Å². The summed E-state index contributed by atoms with van der Waals surface area (Å²) in [6.45, 7) is -0.148. The standard InChI is InChI=1S/C11H13ClF2N2O3S/c12-6-7(20-16-8(6)17)9(18)15-5-10(19)1-3-11(13,14)4-2-10/h19H,1-5H2,(H,15,18)(H,16,17). The van der Waals surface area contributed by atoms with Crippen LogP contribution in [0.15, 0.2) is 4.79 Å². The number of aromatic amines is 1. The Morgan fingerprint density at radius 1 is 1.40 bits per heavy atom. The monoisotopic (exact) mass is 326 g/mol. The van der Waals surface area contributed by atoms with Crippen molar-refractivity contribution in [1.82, 2.24) is 9.69 Å². The van der Waals surface area contributed by atoms with Gasteiger partial charge >= 0.3 is 0 Å². The molecule has 112 valence electrons. The Bertz CT molecular complexity index is 562. The van der Waals surface area contributed by atoms with Crippen LogP contribution < -0.4 is 10.9 Å². The fourth-order valence-corrected chi connectivity index (χ4v) is 2.97. The molecule has 0 aromatic carbocycles. The van der Waals surface area contributed by atoms with Crippen LogP contribution in [0.3, 0.4) is 0 Å². The second-order valence-corrected chi connectivity index (χ2v) is 6.13. The summed E-state index contributed by atoms with van der Waals surface area (Å²) in [4.78, 5) is 22.9. The molecule has 1 heterocycles. The Morgan fingerprint density at radius 2 is 2.00 bits per heavy atom. The molecule has 1 amide bonds. The average molecular weight is 327 g/mol. The smallest absolute Gasteiger partial charge is 0.277 e. The molecular formula is C11H13ClF2N2O3S. The lowest BCUT2D eigenvalue weighted by molar-refractivity contribution is -0.101. The highest BCUT2D eigenvalue weighted by atomic mass is 35.5. The predicted octanol–water partition coefficient (Wildman–Crippen LogP) is 1.76. The molecule has 9 heteroatoms. The molecule has 1 aliphatic rings. The van der Waals surface area contributed by atoms with E-state index in [1.54, 1.807) is 0 Å². The van der Waals surface area contributed by atoms with Crippen molar-refractivity contribution in [2.75, 3.05) is 6.54 Å². The van der Waals surface area contributed by atoms with Gasteiger partial charge in [-0.15, -0.1) is 0 Å². The van der Waals surface area contributed by atoms with Gasteiger partial charge in [0.25, 0.3) is 11.5 Å². The molecule has 20 heavy (non-hydrogen) atoms. The summed E-state index contributed by atoms with van der Waals surface area (Å²) in [5.41, 5.74) is -1.90. The average Bonchev–Trinajstić information content (AvgIpc) is 2.72. The first-order valence-corrected chi connectivity index (χ1v) is 7.17. The maximum absolute atomic E-state index is 13.0. The van der Waals surface area contributed by atoms with Gasteiger partial charge in [0.1, 0.15) is 9.90 Å². The molecule has 3 N–H and O–H groups in total. The third-order valence-corrected chi connectivity index (χ3v) is 4.69. The van der Waals surface area contributed by atoms with Crippen LogP contribution in [-0.2, 0) is 0 Å². The molecule has 0 bridgehead atoms. The van der Waals surface area contributed by atoms with E-state index in [9.17, 15) is 23.5 Å². The minimum Gasteiger partial charge on any atom is -0.388 e. The molecule has 5 nitrogen and oxygen atoms in total. The van der Waals surface area contributed by atoms with E-state index in [-0.39, 0.29) is 29.3 Å². The molecule has 1 aromatic rings. The van der Waals surface area contributed by atoms with Crippen molar-refractivity contribution in [3.8, 4) is 0 Å². The topological polar surface area (TPSA) is 82.2 Å². The first-order valence-electron chi connectivity index (χ1n) is 5.98. The second kappa shape index (κ2) is 5.42. The van der Waals surface area contributed by atoms with E-state index >= 15 is 0 Å². The van der Waals surface area contributed by atoms with Crippen LogP contribution in [0.5, 0.6) is 0 Å². The Kier molecular flexibility index (Phi) is 4.17. The van der Waals surface area contributed by atoms with Gasteiger partial charge in [0, 0.05) is 19.4 Å². The van der Waals surface area contributed by atoms with E-state index < -0.39 is 35.8 Å². The number of amides is 1. The highest BCUT2D eigenvalue weighted by molar-refractivity contribution is 7.08. The number of H-pyrrole nitrogens is 1. The van der Waals surface area contributed by atoms with Crippen molar-refractivity contribution in [2.24, 2.45) is 0 Å². The number of alkyl halides is 2. The molecule has 1 saturated carbocycles. The van der Waals surface area contributed by atoms with E-state index in [1.807, 2.05) is 0 Å². The summed E-state index contributed by atoms with van der Waals surface area (Å²) in [7, 11) is 0. The van der Waals surface area contributed by atoms with E-state index in [1.165, 1.54) is 0 Å². The molecule has 2 rings (SSSR count). The number of carbonyl (C=O) groups is 1. The summed E-state index contributed by atoms with van der Waals surface area (Å²) < 4.78 is 28.3. The minimum atomic E-state index is -2.75. The van der Waals surface area contributed by atoms with Crippen molar-refractivity contribution in [3.05, 3.63) is 20.3 Å². The maximum Gasteiger partial charge on any atom is 0.277 e. The SMILES string of the molecule is O=C(NCC1(O)CCC(F)(F)CC1)c1s[nH]c(=O)c1Cl. The molecule has 1 aromatic heterocycles. The zero-order valence-corrected chi connectivity index (χ0v) is 11.9. The third kappa shape index (κ3) is 3.36. The van der Waals surface area contributed by atoms with Crippen molar-refractivity contribution in [2.45, 2.75) is 37.2 Å². The first kappa shape index (κ1) is 15.4. The van der Waals surface area contributed by atoms with Gasteiger partial charge in [-0.1, -0.05) is 23.1 Å². The van der Waals surface area contributed by atoms with Gasteiger partial charge in [-0.3, -0.25) is 14.0 Å². The van der Waals surface area contributed by atoms with Crippen molar-refractivity contribution in [1.29, 1.82) is 0 Å². The number of hydrogen-bond acceptors (Lipinski definition) is 4. The molecule has 0 aliphatic heterocycles. The van der Waals surface area contributed by atoms with Crippen LogP contribution in [0, 0.1) is 0 Å². The normalized spacial score (nSPS) is 20.6. The van der Waals surface area contributed by atoms with Crippen LogP contribution >= 0.6 is 23.1 Å². The number of halogens is 3. The van der Waals surface area contributed by atoms with Crippen LogP contribution in [0.25, 0.3) is 0 Å². The zero-order valence-electron chi connectivity index (χ0n) is 10.3. The zero-order chi connectivity index (χ0) is 15.0. The Morgan fingerprint density at radius 3 is 2.50 bits per heavy atom. The minimum absolute atomic E-state index is 0.0152. The molecule has 1 fully saturated rings. The Labute approximate surface area is 122 Å². The largest absolute Gasteiger partial charge is 0.388 e. The summed E-state index contributed by atoms with van der Waals surface area (Å²) >= 11 is 6.43. The fourth-order valence-electron chi connectivity index (χ4n) is 2.02. The summed E-state index contributed by atoms with van der Waals surface area (Å²) in [5.74, 6) is -3.36. The predicted molar refractivity (Wildman–Crippen MR) is 70.6 cm³/mol. The highest BCUT2D eigenvalue weighted by Crippen LogP contribution is 2.38. The summed E-state index contributed by atoms with van der Waals surface area (Å²) in [6.07, 6.45) is -0.982. The molecule has 0 radical (unpaired) electrons. The second-order valence-electron chi connectivity index (χ2n) is 4.94. The lowest BCUT2D eigenvalue weighted by atomic mass is 9.83. The van der Waals surface area contributed by atoms with Crippen LogP contribution in [0.1, 0.15) is 35.4 Å².